The molecule has 2 aromatic rings. The van der Waals surface area contributed by atoms with Crippen molar-refractivity contribution >= 4 is 56.0 Å². The minimum absolute atomic E-state index is 0.0793. The van der Waals surface area contributed by atoms with Crippen LogP contribution in [-0.4, -0.2) is 47.4 Å². The zero-order chi connectivity index (χ0) is 20.8. The number of methoxy groups -OCH3 is 1. The summed E-state index contributed by atoms with van der Waals surface area (Å²) in [5.74, 6) is -0.328. The number of benzene rings is 2. The molecule has 1 saturated heterocycles. The van der Waals surface area contributed by atoms with Crippen molar-refractivity contribution in [2.75, 3.05) is 25.6 Å². The Kier molecular flexibility index (Phi) is 7.46. The first-order valence-corrected chi connectivity index (χ1v) is 10.8. The smallest absolute Gasteiger partial charge is 0.242 e. The number of amidine groups is 1. The van der Waals surface area contributed by atoms with Gasteiger partial charge in [0.15, 0.2) is 5.17 Å². The molecule has 1 fully saturated rings. The monoisotopic (exact) mass is 475 g/mol. The number of hydrogen-bond acceptors (Lipinski definition) is 5. The molecule has 2 amide bonds. The minimum Gasteiger partial charge on any atom is -0.383 e. The fraction of sp³-hybridized carbons (Fsp3) is 0.286. The van der Waals surface area contributed by atoms with Gasteiger partial charge in [0, 0.05) is 23.7 Å². The van der Waals surface area contributed by atoms with Gasteiger partial charge in [-0.3, -0.25) is 14.5 Å². The third kappa shape index (κ3) is 5.91. The largest absolute Gasteiger partial charge is 0.383 e. The first-order chi connectivity index (χ1) is 14.0. The molecule has 0 bridgehead atoms. The van der Waals surface area contributed by atoms with Crippen molar-refractivity contribution in [2.45, 2.75) is 18.6 Å². The van der Waals surface area contributed by atoms with Crippen LogP contribution in [0.2, 0.25) is 0 Å². The van der Waals surface area contributed by atoms with Crippen LogP contribution in [0.3, 0.4) is 0 Å². The molecule has 1 N–H and O–H groups in total. The van der Waals surface area contributed by atoms with Crippen molar-refractivity contribution in [3.63, 3.8) is 0 Å². The van der Waals surface area contributed by atoms with Gasteiger partial charge in [0.25, 0.3) is 0 Å². The van der Waals surface area contributed by atoms with Crippen molar-refractivity contribution in [2.24, 2.45) is 4.99 Å². The second-order valence-corrected chi connectivity index (χ2v) is 8.66. The lowest BCUT2D eigenvalue weighted by molar-refractivity contribution is -0.128. The number of nitrogens with zero attached hydrogens (tertiary/aromatic N) is 2. The zero-order valence-corrected chi connectivity index (χ0v) is 18.6. The van der Waals surface area contributed by atoms with Gasteiger partial charge >= 0.3 is 0 Å². The van der Waals surface area contributed by atoms with Crippen molar-refractivity contribution < 1.29 is 14.3 Å². The second-order valence-electron chi connectivity index (χ2n) is 6.58. The Morgan fingerprint density at radius 2 is 1.90 bits per heavy atom. The van der Waals surface area contributed by atoms with Gasteiger partial charge in [0.05, 0.1) is 18.8 Å². The summed E-state index contributed by atoms with van der Waals surface area (Å²) in [5, 5.41) is 2.92. The Morgan fingerprint density at radius 1 is 1.21 bits per heavy atom. The van der Waals surface area contributed by atoms with Gasteiger partial charge in [-0.2, -0.15) is 0 Å². The lowest BCUT2D eigenvalue weighted by Crippen LogP contribution is -2.35. The van der Waals surface area contributed by atoms with Crippen LogP contribution in [0.5, 0.6) is 0 Å². The molecule has 29 heavy (non-hydrogen) atoms. The van der Waals surface area contributed by atoms with Gasteiger partial charge in [-0.15, -0.1) is 0 Å². The van der Waals surface area contributed by atoms with E-state index in [1.165, 1.54) is 11.8 Å². The molecule has 0 radical (unpaired) electrons. The fourth-order valence-corrected chi connectivity index (χ4v) is 4.21. The predicted molar refractivity (Wildman–Crippen MR) is 121 cm³/mol. The molecule has 1 aliphatic rings. The lowest BCUT2D eigenvalue weighted by atomic mass is 10.2. The van der Waals surface area contributed by atoms with E-state index in [9.17, 15) is 9.59 Å². The molecule has 0 saturated carbocycles. The quantitative estimate of drug-likeness (QED) is 0.645. The van der Waals surface area contributed by atoms with Crippen molar-refractivity contribution in [1.82, 2.24) is 4.90 Å². The Hall–Kier alpha value is -2.16. The number of aliphatic imine (C=N–C) groups is 1. The summed E-state index contributed by atoms with van der Waals surface area (Å²) < 4.78 is 6.06. The maximum absolute atomic E-state index is 12.9. The highest BCUT2D eigenvalue weighted by Crippen LogP contribution is 2.32. The summed E-state index contributed by atoms with van der Waals surface area (Å²) in [5.41, 5.74) is 2.61. The van der Waals surface area contributed by atoms with Gasteiger partial charge in [-0.05, 0) is 43.3 Å². The topological polar surface area (TPSA) is 71.0 Å². The van der Waals surface area contributed by atoms with E-state index < -0.39 is 5.25 Å². The molecule has 1 unspecified atom stereocenters. The average molecular weight is 476 g/mol. The number of hydrogen-bond donors (Lipinski definition) is 1. The van der Waals surface area contributed by atoms with Gasteiger partial charge in [-0.1, -0.05) is 45.4 Å². The van der Waals surface area contributed by atoms with Crippen LogP contribution in [0, 0.1) is 6.92 Å². The third-order valence-corrected chi connectivity index (χ3v) is 6.00. The molecule has 8 heteroatoms. The van der Waals surface area contributed by atoms with Crippen LogP contribution >= 0.6 is 27.7 Å². The van der Waals surface area contributed by atoms with Crippen LogP contribution in [0.25, 0.3) is 0 Å². The standard InChI is InChI=1S/C21H22BrN3O3S/c1-14-3-7-17(8-4-14)24-21-25(11-12-28-2)20(27)18(29-21)13-19(26)23-16-9-5-15(22)6-10-16/h3-10,18H,11-13H2,1-2H3,(H,23,26). The number of carbonyl (C=O) groups is 2. The van der Waals surface area contributed by atoms with E-state index >= 15 is 0 Å². The Labute approximate surface area is 182 Å². The molecule has 1 atom stereocenters. The number of halogens is 1. The average Bonchev–Trinajstić information content (AvgIpc) is 2.98. The highest BCUT2D eigenvalue weighted by molar-refractivity contribution is 9.10. The molecular weight excluding hydrogens is 454 g/mol. The van der Waals surface area contributed by atoms with Crippen molar-refractivity contribution in [1.29, 1.82) is 0 Å². The summed E-state index contributed by atoms with van der Waals surface area (Å²) in [7, 11) is 1.59. The van der Waals surface area contributed by atoms with Gasteiger partial charge in [-0.25, -0.2) is 4.99 Å². The van der Waals surface area contributed by atoms with Crippen LogP contribution < -0.4 is 5.32 Å². The Bertz CT molecular complexity index is 900. The van der Waals surface area contributed by atoms with E-state index in [2.05, 4.69) is 26.2 Å². The number of ether oxygens (including phenoxy) is 1. The summed E-state index contributed by atoms with van der Waals surface area (Å²) in [6.45, 7) is 2.81. The predicted octanol–water partition coefficient (Wildman–Crippen LogP) is 4.36. The van der Waals surface area contributed by atoms with E-state index in [0.29, 0.717) is 24.0 Å². The molecule has 0 aliphatic carbocycles. The summed E-state index contributed by atoms with van der Waals surface area (Å²) in [4.78, 5) is 31.6. The Balaban J connectivity index is 1.72. The number of anilines is 1. The van der Waals surface area contributed by atoms with E-state index in [4.69, 9.17) is 4.74 Å². The molecular formula is C21H22BrN3O3S. The molecule has 0 aromatic heterocycles. The summed E-state index contributed by atoms with van der Waals surface area (Å²) in [6.07, 6.45) is 0.0793. The highest BCUT2D eigenvalue weighted by Gasteiger charge is 2.39. The first kappa shape index (κ1) is 21.5. The maximum Gasteiger partial charge on any atom is 0.242 e. The molecule has 0 spiro atoms. The van der Waals surface area contributed by atoms with E-state index in [-0.39, 0.29) is 18.2 Å². The van der Waals surface area contributed by atoms with Gasteiger partial charge < -0.3 is 10.1 Å². The minimum atomic E-state index is -0.508. The fourth-order valence-electron chi connectivity index (χ4n) is 2.76. The van der Waals surface area contributed by atoms with Crippen LogP contribution in [0.4, 0.5) is 11.4 Å². The zero-order valence-electron chi connectivity index (χ0n) is 16.2. The van der Waals surface area contributed by atoms with Crippen LogP contribution in [0.15, 0.2) is 58.0 Å². The molecule has 1 heterocycles. The van der Waals surface area contributed by atoms with E-state index in [0.717, 1.165) is 15.7 Å². The third-order valence-electron chi connectivity index (χ3n) is 4.30. The number of nitrogens with one attached hydrogen (secondary N) is 1. The SMILES string of the molecule is COCCN1C(=O)C(CC(=O)Nc2ccc(Br)cc2)SC1=Nc1ccc(C)cc1. The lowest BCUT2D eigenvalue weighted by Gasteiger charge is -2.15. The number of carbonyl (C=O) groups excluding carboxylic acids is 2. The summed E-state index contributed by atoms with van der Waals surface area (Å²) in [6, 6.07) is 15.1. The molecule has 152 valence electrons. The second kappa shape index (κ2) is 10.0. The Morgan fingerprint density at radius 3 is 2.55 bits per heavy atom. The number of rotatable bonds is 7. The van der Waals surface area contributed by atoms with Gasteiger partial charge in [0.2, 0.25) is 11.8 Å². The number of aryl methyl sites for hydroxylation is 1. The highest BCUT2D eigenvalue weighted by atomic mass is 79.9. The van der Waals surface area contributed by atoms with E-state index in [1.54, 1.807) is 24.1 Å². The van der Waals surface area contributed by atoms with Crippen LogP contribution in [-0.2, 0) is 14.3 Å². The van der Waals surface area contributed by atoms with Crippen molar-refractivity contribution in [3.05, 3.63) is 58.6 Å². The van der Waals surface area contributed by atoms with Gasteiger partial charge in [0.1, 0.15) is 5.25 Å². The van der Waals surface area contributed by atoms with Crippen LogP contribution in [0.1, 0.15) is 12.0 Å². The molecule has 1 aliphatic heterocycles. The normalized spacial score (nSPS) is 17.8. The van der Waals surface area contributed by atoms with Crippen molar-refractivity contribution in [3.8, 4) is 0 Å². The molecule has 3 rings (SSSR count). The number of amides is 2. The molecule has 6 nitrogen and oxygen atoms in total. The summed E-state index contributed by atoms with van der Waals surface area (Å²) >= 11 is 4.69. The first-order valence-electron chi connectivity index (χ1n) is 9.14. The number of thioether (sulfide) groups is 1. The maximum atomic E-state index is 12.9. The van der Waals surface area contributed by atoms with E-state index in [1.807, 2.05) is 43.3 Å². The molecule has 2 aromatic carbocycles.